The molecule has 33 heavy (non-hydrogen) atoms. The van der Waals surface area contributed by atoms with Crippen molar-refractivity contribution < 1.29 is 18.7 Å². The zero-order chi connectivity index (χ0) is 23.1. The van der Waals surface area contributed by atoms with E-state index in [1.807, 2.05) is 42.2 Å². The number of carbonyl (C=O) groups is 2. The maximum Gasteiger partial charge on any atom is 0.266 e. The third-order valence-corrected chi connectivity index (χ3v) is 6.36. The van der Waals surface area contributed by atoms with Crippen molar-refractivity contribution in [3.63, 3.8) is 0 Å². The molecule has 2 unspecified atom stereocenters. The number of methoxy groups -OCH3 is 1. The number of nitrogens with zero attached hydrogens (tertiary/aromatic N) is 2. The Hall–Kier alpha value is -3.64. The van der Waals surface area contributed by atoms with E-state index in [0.717, 1.165) is 11.3 Å². The first-order chi connectivity index (χ1) is 16.0. The van der Waals surface area contributed by atoms with Crippen LogP contribution in [0, 0.1) is 0 Å². The molecule has 4 aromatic rings. The van der Waals surface area contributed by atoms with Crippen LogP contribution in [0.25, 0.3) is 11.1 Å². The van der Waals surface area contributed by atoms with E-state index in [1.165, 1.54) is 0 Å². The van der Waals surface area contributed by atoms with E-state index in [1.54, 1.807) is 43.5 Å². The summed E-state index contributed by atoms with van der Waals surface area (Å²) in [5.41, 5.74) is 3.41. The first-order valence-electron chi connectivity index (χ1n) is 10.6. The largest absolute Gasteiger partial charge is 0.497 e. The highest BCUT2D eigenvalue weighted by Crippen LogP contribution is 2.44. The van der Waals surface area contributed by atoms with Gasteiger partial charge in [-0.3, -0.25) is 9.59 Å². The average molecular weight is 461 g/mol. The minimum atomic E-state index is -0.465. The van der Waals surface area contributed by atoms with E-state index in [2.05, 4.69) is 4.98 Å². The van der Waals surface area contributed by atoms with Crippen LogP contribution in [0.2, 0.25) is 5.02 Å². The van der Waals surface area contributed by atoms with Gasteiger partial charge in [0.1, 0.15) is 11.3 Å². The maximum absolute atomic E-state index is 13.5. The molecule has 0 fully saturated rings. The van der Waals surface area contributed by atoms with Gasteiger partial charge in [-0.1, -0.05) is 23.7 Å². The van der Waals surface area contributed by atoms with E-state index >= 15 is 0 Å². The number of anilines is 1. The summed E-state index contributed by atoms with van der Waals surface area (Å²) in [7, 11) is 1.59. The zero-order valence-corrected chi connectivity index (χ0v) is 18.9. The molecule has 2 heterocycles. The molecule has 2 atom stereocenters. The number of aromatic nitrogens is 1. The van der Waals surface area contributed by atoms with Gasteiger partial charge in [0, 0.05) is 22.3 Å². The number of carbonyl (C=O) groups excluding carboxylic acids is 2. The number of ether oxygens (including phenoxy) is 1. The van der Waals surface area contributed by atoms with Crippen LogP contribution in [0.15, 0.2) is 71.1 Å². The second kappa shape index (κ2) is 8.37. The number of para-hydroxylation sites is 2. The number of fused-ring (bicyclic) bond motifs is 2. The van der Waals surface area contributed by atoms with Crippen molar-refractivity contribution in [2.45, 2.75) is 18.9 Å². The van der Waals surface area contributed by atoms with Gasteiger partial charge in [-0.2, -0.15) is 0 Å². The molecule has 0 amide bonds. The summed E-state index contributed by atoms with van der Waals surface area (Å²) < 4.78 is 11.1. The number of halogens is 1. The third-order valence-electron chi connectivity index (χ3n) is 6.11. The molecule has 0 N–H and O–H groups in total. The number of hydrogen-bond donors (Lipinski definition) is 0. The average Bonchev–Trinajstić information content (AvgIpc) is 3.38. The fraction of sp³-hybridized carbons (Fsp3) is 0.192. The molecule has 5 rings (SSSR count). The minimum Gasteiger partial charge on any atom is -0.497 e. The Labute approximate surface area is 195 Å². The fourth-order valence-electron chi connectivity index (χ4n) is 4.43. The summed E-state index contributed by atoms with van der Waals surface area (Å²) in [6, 6.07) is 19.4. The first-order valence-corrected chi connectivity index (χ1v) is 11.0. The molecule has 7 heteroatoms. The smallest absolute Gasteiger partial charge is 0.266 e. The van der Waals surface area contributed by atoms with Crippen molar-refractivity contribution in [2.24, 2.45) is 0 Å². The van der Waals surface area contributed by atoms with E-state index in [0.29, 0.717) is 27.4 Å². The van der Waals surface area contributed by atoms with Gasteiger partial charge >= 0.3 is 0 Å². The highest BCUT2D eigenvalue weighted by molar-refractivity contribution is 6.30. The lowest BCUT2D eigenvalue weighted by Crippen LogP contribution is -2.38. The van der Waals surface area contributed by atoms with Crippen LogP contribution in [-0.2, 0) is 0 Å². The third kappa shape index (κ3) is 3.76. The quantitative estimate of drug-likeness (QED) is 0.351. The highest BCUT2D eigenvalue weighted by Gasteiger charge is 2.41. The van der Waals surface area contributed by atoms with E-state index in [4.69, 9.17) is 20.8 Å². The van der Waals surface area contributed by atoms with Gasteiger partial charge in [0.15, 0.2) is 11.4 Å². The van der Waals surface area contributed by atoms with Gasteiger partial charge in [-0.25, -0.2) is 4.98 Å². The first kappa shape index (κ1) is 21.2. The van der Waals surface area contributed by atoms with Gasteiger partial charge < -0.3 is 14.1 Å². The van der Waals surface area contributed by atoms with Crippen molar-refractivity contribution in [1.29, 1.82) is 0 Å². The molecule has 0 saturated carbocycles. The Bertz CT molecular complexity index is 1330. The molecule has 0 spiro atoms. The molecule has 1 aromatic heterocycles. The summed E-state index contributed by atoms with van der Waals surface area (Å²) >= 11 is 6.00. The molecule has 3 aromatic carbocycles. The number of benzene rings is 3. The second-order valence-corrected chi connectivity index (χ2v) is 8.49. The summed E-state index contributed by atoms with van der Waals surface area (Å²) in [6.07, 6.45) is 0. The van der Waals surface area contributed by atoms with Crippen molar-refractivity contribution in [2.75, 3.05) is 18.6 Å². The molecule has 0 radical (unpaired) electrons. The molecule has 0 aliphatic carbocycles. The molecule has 0 saturated heterocycles. The number of oxazole rings is 1. The Morgan fingerprint density at radius 1 is 1.09 bits per heavy atom. The summed E-state index contributed by atoms with van der Waals surface area (Å²) in [5, 5.41) is 0.568. The minimum absolute atomic E-state index is 0.0366. The SMILES string of the molecule is COc1ccc2c(c1)C(C(=O)c1ccc(Cl)cc1)C(C)N2CC(=O)c1nc2ccccc2o1. The zero-order valence-electron chi connectivity index (χ0n) is 18.1. The van der Waals surface area contributed by atoms with Gasteiger partial charge in [0.2, 0.25) is 5.78 Å². The molecule has 6 nitrogen and oxygen atoms in total. The van der Waals surface area contributed by atoms with Gasteiger partial charge in [-0.05, 0) is 67.1 Å². The standard InChI is InChI=1S/C26H21ClN2O4/c1-15-24(25(31)16-7-9-17(27)10-8-16)19-13-18(32-2)11-12-21(19)29(15)14-22(30)26-28-20-5-3-4-6-23(20)33-26/h3-13,15,24H,14H2,1-2H3. The Morgan fingerprint density at radius 3 is 2.58 bits per heavy atom. The summed E-state index contributed by atoms with van der Waals surface area (Å²) in [4.78, 5) is 32.9. The second-order valence-electron chi connectivity index (χ2n) is 8.05. The lowest BCUT2D eigenvalue weighted by atomic mass is 9.88. The normalized spacial score (nSPS) is 17.2. The Morgan fingerprint density at radius 2 is 1.85 bits per heavy atom. The Kier molecular flexibility index (Phi) is 5.38. The predicted octanol–water partition coefficient (Wildman–Crippen LogP) is 5.55. The summed E-state index contributed by atoms with van der Waals surface area (Å²) in [5.74, 6) is -0.0366. The number of Topliss-reactive ketones (excluding diaryl/α,β-unsaturated/α-hetero) is 2. The molecule has 0 bridgehead atoms. The van der Waals surface area contributed by atoms with Crippen LogP contribution in [0.3, 0.4) is 0 Å². The van der Waals surface area contributed by atoms with Crippen molar-refractivity contribution in [3.05, 3.63) is 88.8 Å². The van der Waals surface area contributed by atoms with Crippen molar-refractivity contribution in [1.82, 2.24) is 4.98 Å². The van der Waals surface area contributed by atoms with Crippen molar-refractivity contribution >= 4 is 40.0 Å². The molecule has 1 aliphatic heterocycles. The topological polar surface area (TPSA) is 72.6 Å². The molecular weight excluding hydrogens is 440 g/mol. The van der Waals surface area contributed by atoms with E-state index < -0.39 is 5.92 Å². The van der Waals surface area contributed by atoms with Crippen LogP contribution < -0.4 is 9.64 Å². The number of ketones is 2. The maximum atomic E-state index is 13.5. The van der Waals surface area contributed by atoms with Crippen LogP contribution in [0.5, 0.6) is 5.75 Å². The summed E-state index contributed by atoms with van der Waals surface area (Å²) in [6.45, 7) is 1.99. The molecule has 166 valence electrons. The number of rotatable bonds is 6. The molecule has 1 aliphatic rings. The van der Waals surface area contributed by atoms with Crippen LogP contribution in [-0.4, -0.2) is 36.2 Å². The van der Waals surface area contributed by atoms with Gasteiger partial charge in [0.25, 0.3) is 5.89 Å². The lowest BCUT2D eigenvalue weighted by Gasteiger charge is -2.26. The van der Waals surface area contributed by atoms with E-state index in [9.17, 15) is 9.59 Å². The fourth-order valence-corrected chi connectivity index (χ4v) is 4.55. The molecular formula is C26H21ClN2O4. The van der Waals surface area contributed by atoms with Crippen LogP contribution in [0.1, 0.15) is 39.4 Å². The van der Waals surface area contributed by atoms with Crippen LogP contribution >= 0.6 is 11.6 Å². The van der Waals surface area contributed by atoms with Crippen LogP contribution in [0.4, 0.5) is 5.69 Å². The monoisotopic (exact) mass is 460 g/mol. The van der Waals surface area contributed by atoms with Gasteiger partial charge in [-0.15, -0.1) is 0 Å². The number of hydrogen-bond acceptors (Lipinski definition) is 6. The lowest BCUT2D eigenvalue weighted by molar-refractivity contribution is 0.0935. The van der Waals surface area contributed by atoms with E-state index in [-0.39, 0.29) is 30.0 Å². The Balaban J connectivity index is 1.49. The van der Waals surface area contributed by atoms with Gasteiger partial charge in [0.05, 0.1) is 19.6 Å². The highest BCUT2D eigenvalue weighted by atomic mass is 35.5. The predicted molar refractivity (Wildman–Crippen MR) is 127 cm³/mol. The van der Waals surface area contributed by atoms with Crippen molar-refractivity contribution in [3.8, 4) is 5.75 Å².